The molecule has 6 N–H and O–H groups in total. The van der Waals surface area contributed by atoms with Gasteiger partial charge >= 0.3 is 5.97 Å². The largest absolute Gasteiger partial charge is 0.480 e. The van der Waals surface area contributed by atoms with E-state index in [4.69, 9.17) is 21.0 Å². The number of carboxylic acids is 1. The van der Waals surface area contributed by atoms with Gasteiger partial charge in [0, 0.05) is 164 Å². The number of pyridine rings is 3. The maximum Gasteiger partial charge on any atom is 0.317 e. The second-order valence-corrected chi connectivity index (χ2v) is 30.0. The monoisotopic (exact) mass is 1500 g/mol. The third-order valence-corrected chi connectivity index (χ3v) is 22.8. The summed E-state index contributed by atoms with van der Waals surface area (Å²) in [5, 5.41) is 33.5. The van der Waals surface area contributed by atoms with Crippen molar-refractivity contribution in [2.45, 2.75) is 56.7 Å². The predicted molar refractivity (Wildman–Crippen MR) is 446 cm³/mol. The third-order valence-electron chi connectivity index (χ3n) is 22.8. The van der Waals surface area contributed by atoms with Gasteiger partial charge in [-0.05, 0) is 236 Å². The summed E-state index contributed by atoms with van der Waals surface area (Å²) in [6.07, 6.45) is 33.7. The van der Waals surface area contributed by atoms with Crippen LogP contribution in [0.3, 0.4) is 0 Å². The lowest BCUT2D eigenvalue weighted by Gasteiger charge is -2.36. The molecule has 3 unspecified atom stereocenters. The lowest BCUT2D eigenvalue weighted by Crippen LogP contribution is -2.41. The fourth-order valence-corrected chi connectivity index (χ4v) is 16.9. The Labute approximate surface area is 655 Å². The number of likely N-dealkylation sites (tertiary alicyclic amines) is 3. The summed E-state index contributed by atoms with van der Waals surface area (Å²) in [7, 11) is 6.19. The molecule has 3 saturated heterocycles. The average molecular weight is 1500 g/mol. The van der Waals surface area contributed by atoms with Crippen molar-refractivity contribution in [1.29, 1.82) is 5.26 Å². The van der Waals surface area contributed by atoms with Gasteiger partial charge in [-0.15, -0.1) is 0 Å². The number of aromatic nitrogens is 12. The topological polar surface area (TPSA) is 281 Å². The Morgan fingerprint density at radius 1 is 0.434 bits per heavy atom. The molecule has 18 rings (SSSR count). The fraction of sp³-hybridized carbons (Fsp3) is 0.267. The summed E-state index contributed by atoms with van der Waals surface area (Å²) >= 11 is 0. The summed E-state index contributed by atoms with van der Waals surface area (Å²) in [4.78, 5) is 70.3. The van der Waals surface area contributed by atoms with Crippen molar-refractivity contribution in [2.75, 3.05) is 74.9 Å². The van der Waals surface area contributed by atoms with Crippen LogP contribution in [0.1, 0.15) is 73.3 Å². The van der Waals surface area contributed by atoms with Gasteiger partial charge in [0.05, 0.1) is 76.9 Å². The van der Waals surface area contributed by atoms with Gasteiger partial charge in [-0.1, -0.05) is 54.6 Å². The van der Waals surface area contributed by atoms with Crippen molar-refractivity contribution < 1.29 is 14.7 Å². The van der Waals surface area contributed by atoms with E-state index in [1.165, 1.54) is 38.3 Å². The number of nitrogens with two attached hydrogens (primary N) is 1. The molecule has 3 fully saturated rings. The van der Waals surface area contributed by atoms with Gasteiger partial charge in [0.2, 0.25) is 5.91 Å². The average Bonchev–Trinajstić information content (AvgIpc) is 1.76. The number of carboxylic acid groups (broad SMARTS) is 1. The SMILES string of the molecule is Cn1ccc2ccc(-c3cc(NC(c4cccnc4)C4CCN(CC#N)CC4)cc4nccnc34)cc21.Cn1ccc2ccc(-c3cc(NC(c4cccnc4)C4CCN(CC(=O)O)CC4)cc4nccnc34)cc21.Cn1ccc2ccc(-c3cc(NC(c4cccnc4)C4CCN(CC(N)=O)CC4)cc4nccnc34)cc21. The number of hydrogen-bond acceptors (Lipinski definition) is 18. The van der Waals surface area contributed by atoms with Crippen molar-refractivity contribution in [2.24, 2.45) is 44.6 Å². The number of nitrogens with zero attached hydrogens (tertiary/aromatic N) is 16. The van der Waals surface area contributed by atoms with Crippen LogP contribution in [0.4, 0.5) is 17.1 Å². The highest BCUT2D eigenvalue weighted by molar-refractivity contribution is 6.00. The molecule has 6 aromatic carbocycles. The lowest BCUT2D eigenvalue weighted by molar-refractivity contribution is -0.138. The van der Waals surface area contributed by atoms with Crippen molar-refractivity contribution in [1.82, 2.24) is 73.3 Å². The molecule has 113 heavy (non-hydrogen) atoms. The summed E-state index contributed by atoms with van der Waals surface area (Å²) in [6, 6.07) is 53.6. The van der Waals surface area contributed by atoms with E-state index in [0.29, 0.717) is 30.8 Å². The van der Waals surface area contributed by atoms with Gasteiger partial charge in [-0.25, -0.2) is 0 Å². The highest BCUT2D eigenvalue weighted by Gasteiger charge is 2.33. The molecular weight excluding hydrogens is 1410 g/mol. The van der Waals surface area contributed by atoms with E-state index < -0.39 is 5.97 Å². The molecule has 23 nitrogen and oxygen atoms in total. The van der Waals surface area contributed by atoms with Gasteiger partial charge in [-0.2, -0.15) is 5.26 Å². The number of aryl methyl sites for hydroxylation is 3. The molecule has 0 bridgehead atoms. The second kappa shape index (κ2) is 33.8. The zero-order chi connectivity index (χ0) is 77.3. The Balaban J connectivity index is 0.000000128. The van der Waals surface area contributed by atoms with Crippen molar-refractivity contribution in [3.63, 3.8) is 0 Å². The van der Waals surface area contributed by atoms with Crippen LogP contribution in [0.25, 0.3) is 99.2 Å². The minimum Gasteiger partial charge on any atom is -0.480 e. The number of hydrogen-bond donors (Lipinski definition) is 5. The Morgan fingerprint density at radius 3 is 1.07 bits per heavy atom. The number of fused-ring (bicyclic) bond motifs is 6. The molecule has 0 saturated carbocycles. The van der Waals surface area contributed by atoms with Crippen molar-refractivity contribution in [3.8, 4) is 39.4 Å². The Bertz CT molecular complexity index is 5660. The number of anilines is 3. The molecule has 0 spiro atoms. The van der Waals surface area contributed by atoms with E-state index >= 15 is 0 Å². The standard InChI is InChI=1S/C30H31N7O.C30H29N7.C30H30N6O2/c1-36-12-6-20-4-5-22(15-27(20)36)25-16-24(17-26-30(25)34-11-10-33-26)35-29(23-3-2-9-32-18-23)21-7-13-37(14-8-21)19-28(31)38;1-36-13-6-21-4-5-23(17-28(21)36)26-18-25(19-27-30(26)34-12-11-33-27)35-29(24-3-2-10-32-20-24)22-7-14-37(15-8-22)16-9-31;1-35-12-6-20-4-5-22(15-27(20)35)25-16-24(17-26-30(25)33-11-10-32-26)34-29(23-3-2-9-31-18-23)21-7-13-36(14-8-21)19-28(37)38/h2-6,9-12,15-18,21,29,35H,7-8,13-14,19H2,1H3,(H2,31,38);2-6,10-13,17-20,22,29,35H,7-8,14-16H2,1H3;2-6,9-12,15-18,21,29,34H,7-8,13-14,19H2,1H3,(H,37,38). The summed E-state index contributed by atoms with van der Waals surface area (Å²) in [5.74, 6) is 0.0984. The number of aliphatic carboxylic acids is 1. The first-order valence-electron chi connectivity index (χ1n) is 38.7. The normalized spacial score (nSPS) is 15.6. The van der Waals surface area contributed by atoms with Crippen molar-refractivity contribution in [3.05, 3.63) is 255 Å². The minimum absolute atomic E-state index is 0.0352. The molecule has 1 amide bonds. The molecule has 3 aliphatic rings. The minimum atomic E-state index is -0.774. The molecule has 9 aromatic heterocycles. The van der Waals surface area contributed by atoms with Gasteiger partial charge in [0.1, 0.15) is 0 Å². The van der Waals surface area contributed by atoms with E-state index in [9.17, 15) is 14.7 Å². The quantitative estimate of drug-likeness (QED) is 0.0443. The number of carbonyl (C=O) groups excluding carboxylic acids is 1. The summed E-state index contributed by atoms with van der Waals surface area (Å²) in [5.41, 5.74) is 27.0. The zero-order valence-corrected chi connectivity index (χ0v) is 63.6. The van der Waals surface area contributed by atoms with Crippen LogP contribution in [0.15, 0.2) is 239 Å². The molecule has 0 aliphatic carbocycles. The number of benzene rings is 6. The lowest BCUT2D eigenvalue weighted by atomic mass is 9.85. The number of nitrogens with one attached hydrogen (secondary N) is 3. The van der Waals surface area contributed by atoms with E-state index in [0.717, 1.165) is 172 Å². The van der Waals surface area contributed by atoms with Crippen LogP contribution < -0.4 is 21.7 Å². The molecular formula is C90H90N20O3. The Hall–Kier alpha value is -12.9. The van der Waals surface area contributed by atoms with Crippen LogP contribution in [-0.4, -0.2) is 149 Å². The van der Waals surface area contributed by atoms with Crippen LogP contribution in [-0.2, 0) is 30.7 Å². The smallest absolute Gasteiger partial charge is 0.317 e. The first-order valence-corrected chi connectivity index (χ1v) is 38.7. The Kier molecular flexibility index (Phi) is 22.2. The molecule has 3 aliphatic heterocycles. The van der Waals surface area contributed by atoms with E-state index in [-0.39, 0.29) is 30.6 Å². The number of rotatable bonds is 20. The molecule has 568 valence electrons. The van der Waals surface area contributed by atoms with E-state index in [1.807, 2.05) is 47.9 Å². The molecule has 15 aromatic rings. The van der Waals surface area contributed by atoms with Gasteiger partial charge in [0.15, 0.2) is 0 Å². The van der Waals surface area contributed by atoms with Gasteiger partial charge in [0.25, 0.3) is 0 Å². The van der Waals surface area contributed by atoms with Crippen LogP contribution in [0, 0.1) is 29.1 Å². The van der Waals surface area contributed by atoms with Crippen LogP contribution >= 0.6 is 0 Å². The number of nitriles is 1. The number of primary amides is 1. The van der Waals surface area contributed by atoms with Crippen LogP contribution in [0.5, 0.6) is 0 Å². The van der Waals surface area contributed by atoms with Gasteiger partial charge in [-0.3, -0.25) is 69.1 Å². The first-order chi connectivity index (χ1) is 55.3. The zero-order valence-electron chi connectivity index (χ0n) is 63.6. The maximum absolute atomic E-state index is 11.4. The van der Waals surface area contributed by atoms with E-state index in [2.05, 4.69) is 248 Å². The molecule has 23 heteroatoms. The van der Waals surface area contributed by atoms with Gasteiger partial charge < -0.3 is 40.5 Å². The summed E-state index contributed by atoms with van der Waals surface area (Å²) < 4.78 is 6.41. The highest BCUT2D eigenvalue weighted by atomic mass is 16.4. The molecule has 0 radical (unpaired) electrons. The predicted octanol–water partition coefficient (Wildman–Crippen LogP) is 15.2. The molecule has 3 atom stereocenters. The van der Waals surface area contributed by atoms with E-state index in [1.54, 1.807) is 49.6 Å². The number of amides is 1. The number of carbonyl (C=O) groups is 2. The first kappa shape index (κ1) is 74.2. The Morgan fingerprint density at radius 2 is 0.761 bits per heavy atom. The second-order valence-electron chi connectivity index (χ2n) is 30.0. The maximum atomic E-state index is 11.4. The molecule has 12 heterocycles. The fourth-order valence-electron chi connectivity index (χ4n) is 16.9. The van der Waals surface area contributed by atoms with Crippen LogP contribution in [0.2, 0.25) is 0 Å². The number of piperidine rings is 3. The summed E-state index contributed by atoms with van der Waals surface area (Å²) in [6.45, 7) is 5.99. The highest BCUT2D eigenvalue weighted by Crippen LogP contribution is 2.42. The third kappa shape index (κ3) is 16.9. The van der Waals surface area contributed by atoms with Crippen molar-refractivity contribution >= 4 is 94.7 Å².